The Hall–Kier alpha value is -2.03. The van der Waals surface area contributed by atoms with Gasteiger partial charge in [0.25, 0.3) is 5.56 Å². The SMILES string of the molecule is C=C/C=C(\C=C)Cn1c(C)cc(O)cc1=O. The van der Waals surface area contributed by atoms with Gasteiger partial charge in [-0.25, -0.2) is 0 Å². The fraction of sp³-hybridized carbons (Fsp3) is 0.154. The molecule has 0 aromatic carbocycles. The van der Waals surface area contributed by atoms with Crippen molar-refractivity contribution in [3.63, 3.8) is 0 Å². The van der Waals surface area contributed by atoms with E-state index in [0.29, 0.717) is 12.2 Å². The standard InChI is InChI=1S/C13H15NO2/c1-4-6-11(5-2)9-14-10(3)7-12(15)8-13(14)16/h4-8,15H,1-2,9H2,3H3/b11-6+. The van der Waals surface area contributed by atoms with Crippen molar-refractivity contribution in [3.05, 3.63) is 65.1 Å². The summed E-state index contributed by atoms with van der Waals surface area (Å²) in [6.07, 6.45) is 5.13. The third-order valence-electron chi connectivity index (χ3n) is 2.25. The van der Waals surface area contributed by atoms with Gasteiger partial charge in [-0.15, -0.1) is 0 Å². The van der Waals surface area contributed by atoms with Gasteiger partial charge in [0.05, 0.1) is 6.54 Å². The highest BCUT2D eigenvalue weighted by Crippen LogP contribution is 2.09. The molecule has 16 heavy (non-hydrogen) atoms. The highest BCUT2D eigenvalue weighted by molar-refractivity contribution is 5.25. The monoisotopic (exact) mass is 217 g/mol. The third kappa shape index (κ3) is 2.73. The molecule has 0 aliphatic rings. The minimum absolute atomic E-state index is 0.00777. The van der Waals surface area contributed by atoms with Gasteiger partial charge in [-0.05, 0) is 18.6 Å². The van der Waals surface area contributed by atoms with Crippen LogP contribution in [0.15, 0.2) is 53.9 Å². The van der Waals surface area contributed by atoms with E-state index in [1.807, 2.05) is 0 Å². The average Bonchev–Trinajstić information content (AvgIpc) is 2.21. The zero-order chi connectivity index (χ0) is 12.1. The van der Waals surface area contributed by atoms with E-state index in [9.17, 15) is 9.90 Å². The Bertz CT molecular complexity index is 495. The lowest BCUT2D eigenvalue weighted by Crippen LogP contribution is -2.21. The van der Waals surface area contributed by atoms with E-state index in [2.05, 4.69) is 13.2 Å². The Kier molecular flexibility index (Phi) is 3.89. The summed E-state index contributed by atoms with van der Waals surface area (Å²) in [6, 6.07) is 2.75. The molecule has 0 spiro atoms. The molecule has 1 N–H and O–H groups in total. The zero-order valence-corrected chi connectivity index (χ0v) is 9.31. The minimum atomic E-state index is -0.227. The number of allylic oxidation sites excluding steroid dienone is 4. The molecule has 3 nitrogen and oxygen atoms in total. The molecule has 0 unspecified atom stereocenters. The van der Waals surface area contributed by atoms with Crippen molar-refractivity contribution in [2.45, 2.75) is 13.5 Å². The summed E-state index contributed by atoms with van der Waals surface area (Å²) >= 11 is 0. The van der Waals surface area contributed by atoms with E-state index < -0.39 is 0 Å². The van der Waals surface area contributed by atoms with Crippen molar-refractivity contribution in [3.8, 4) is 5.75 Å². The fourth-order valence-electron chi connectivity index (χ4n) is 1.43. The number of hydrogen-bond acceptors (Lipinski definition) is 2. The highest BCUT2D eigenvalue weighted by atomic mass is 16.3. The molecule has 0 radical (unpaired) electrons. The molecule has 1 heterocycles. The summed E-state index contributed by atoms with van der Waals surface area (Å²) in [7, 11) is 0. The predicted octanol–water partition coefficient (Wildman–Crippen LogP) is 2.16. The van der Waals surface area contributed by atoms with E-state index in [4.69, 9.17) is 0 Å². The first-order valence-electron chi connectivity index (χ1n) is 4.93. The summed E-state index contributed by atoms with van der Waals surface area (Å²) in [6.45, 7) is 9.47. The van der Waals surface area contributed by atoms with Crippen molar-refractivity contribution < 1.29 is 5.11 Å². The molecule has 0 fully saturated rings. The maximum atomic E-state index is 11.6. The quantitative estimate of drug-likeness (QED) is 0.785. The van der Waals surface area contributed by atoms with Gasteiger partial charge in [-0.1, -0.05) is 31.4 Å². The van der Waals surface area contributed by atoms with E-state index in [0.717, 1.165) is 5.57 Å². The summed E-state index contributed by atoms with van der Waals surface area (Å²) in [5, 5.41) is 9.25. The molecular formula is C13H15NO2. The molecule has 84 valence electrons. The van der Waals surface area contributed by atoms with Gasteiger partial charge in [0.1, 0.15) is 5.75 Å². The van der Waals surface area contributed by atoms with Crippen molar-refractivity contribution in [1.82, 2.24) is 4.57 Å². The molecule has 0 bridgehead atoms. The molecule has 1 aromatic rings. The second-order valence-corrected chi connectivity index (χ2v) is 3.46. The van der Waals surface area contributed by atoms with Gasteiger partial charge in [0, 0.05) is 11.8 Å². The lowest BCUT2D eigenvalue weighted by Gasteiger charge is -2.10. The summed E-state index contributed by atoms with van der Waals surface area (Å²) < 4.78 is 1.57. The summed E-state index contributed by atoms with van der Waals surface area (Å²) in [5.41, 5.74) is 1.38. The summed E-state index contributed by atoms with van der Waals surface area (Å²) in [4.78, 5) is 11.6. The van der Waals surface area contributed by atoms with Gasteiger partial charge < -0.3 is 9.67 Å². The van der Waals surface area contributed by atoms with Gasteiger partial charge in [-0.2, -0.15) is 0 Å². The van der Waals surface area contributed by atoms with Crippen LogP contribution in [0.5, 0.6) is 5.75 Å². The van der Waals surface area contributed by atoms with E-state index in [1.54, 1.807) is 35.8 Å². The molecule has 0 amide bonds. The minimum Gasteiger partial charge on any atom is -0.508 e. The van der Waals surface area contributed by atoms with Crippen molar-refractivity contribution in [1.29, 1.82) is 0 Å². The van der Waals surface area contributed by atoms with Crippen molar-refractivity contribution in [2.24, 2.45) is 0 Å². The van der Waals surface area contributed by atoms with E-state index >= 15 is 0 Å². The van der Waals surface area contributed by atoms with Crippen molar-refractivity contribution >= 4 is 0 Å². The number of hydrogen-bond donors (Lipinski definition) is 1. The predicted molar refractivity (Wildman–Crippen MR) is 65.6 cm³/mol. The average molecular weight is 217 g/mol. The Morgan fingerprint density at radius 1 is 1.50 bits per heavy atom. The molecular weight excluding hydrogens is 202 g/mol. The van der Waals surface area contributed by atoms with Crippen LogP contribution >= 0.6 is 0 Å². The molecule has 1 aromatic heterocycles. The smallest absolute Gasteiger partial charge is 0.254 e. The second kappa shape index (κ2) is 5.16. The van der Waals surface area contributed by atoms with Gasteiger partial charge in [0.15, 0.2) is 0 Å². The molecule has 0 atom stereocenters. The molecule has 0 aliphatic heterocycles. The van der Waals surface area contributed by atoms with Crippen LogP contribution in [0, 0.1) is 6.92 Å². The van der Waals surface area contributed by atoms with Gasteiger partial charge >= 0.3 is 0 Å². The molecule has 0 saturated heterocycles. The number of aromatic nitrogens is 1. The molecule has 0 saturated carbocycles. The third-order valence-corrected chi connectivity index (χ3v) is 2.25. The first-order valence-corrected chi connectivity index (χ1v) is 4.93. The maximum absolute atomic E-state index is 11.6. The second-order valence-electron chi connectivity index (χ2n) is 3.46. The van der Waals surface area contributed by atoms with Crippen LogP contribution in [0.25, 0.3) is 0 Å². The number of aryl methyl sites for hydroxylation is 1. The number of nitrogens with zero attached hydrogens (tertiary/aromatic N) is 1. The van der Waals surface area contributed by atoms with Gasteiger partial charge in [0.2, 0.25) is 0 Å². The van der Waals surface area contributed by atoms with E-state index in [-0.39, 0.29) is 11.3 Å². The molecule has 3 heteroatoms. The first kappa shape index (κ1) is 12.0. The van der Waals surface area contributed by atoms with Crippen LogP contribution < -0.4 is 5.56 Å². The van der Waals surface area contributed by atoms with Crippen LogP contribution in [0.4, 0.5) is 0 Å². The van der Waals surface area contributed by atoms with Crippen LogP contribution in [0.2, 0.25) is 0 Å². The molecule has 1 rings (SSSR count). The van der Waals surface area contributed by atoms with Crippen LogP contribution in [-0.4, -0.2) is 9.67 Å². The van der Waals surface area contributed by atoms with Crippen LogP contribution in [0.3, 0.4) is 0 Å². The van der Waals surface area contributed by atoms with Crippen LogP contribution in [-0.2, 0) is 6.54 Å². The number of rotatable bonds is 4. The zero-order valence-electron chi connectivity index (χ0n) is 9.31. The normalized spacial score (nSPS) is 11.2. The Morgan fingerprint density at radius 2 is 2.19 bits per heavy atom. The number of pyridine rings is 1. The fourth-order valence-corrected chi connectivity index (χ4v) is 1.43. The van der Waals surface area contributed by atoms with Gasteiger partial charge in [-0.3, -0.25) is 4.79 Å². The Morgan fingerprint density at radius 3 is 2.69 bits per heavy atom. The Labute approximate surface area is 94.7 Å². The number of aromatic hydroxyl groups is 1. The maximum Gasteiger partial charge on any atom is 0.254 e. The lowest BCUT2D eigenvalue weighted by atomic mass is 10.2. The molecule has 0 aliphatic carbocycles. The Balaban J connectivity index is 3.15. The lowest BCUT2D eigenvalue weighted by molar-refractivity contribution is 0.470. The largest absolute Gasteiger partial charge is 0.508 e. The van der Waals surface area contributed by atoms with Crippen molar-refractivity contribution in [2.75, 3.05) is 0 Å². The highest BCUT2D eigenvalue weighted by Gasteiger charge is 2.03. The van der Waals surface area contributed by atoms with E-state index in [1.165, 1.54) is 6.07 Å². The van der Waals surface area contributed by atoms with Crippen LogP contribution in [0.1, 0.15) is 5.69 Å². The summed E-state index contributed by atoms with van der Waals surface area (Å²) in [5.74, 6) is -0.00777. The first-order chi connectivity index (χ1) is 7.58. The topological polar surface area (TPSA) is 42.2 Å².